The van der Waals surface area contributed by atoms with E-state index in [1.54, 1.807) is 31.2 Å². The summed E-state index contributed by atoms with van der Waals surface area (Å²) in [6.07, 6.45) is 0. The zero-order valence-electron chi connectivity index (χ0n) is 16.3. The largest absolute Gasteiger partial charge is 0.478 e. The fraction of sp³-hybridized carbons (Fsp3) is 0.0909. The predicted molar refractivity (Wildman–Crippen MR) is 115 cm³/mol. The average Bonchev–Trinajstić information content (AvgIpc) is 2.70. The maximum absolute atomic E-state index is 12.9. The molecule has 0 spiro atoms. The summed E-state index contributed by atoms with van der Waals surface area (Å²) in [6.45, 7) is 3.56. The summed E-state index contributed by atoms with van der Waals surface area (Å²) in [6, 6.07) is 17.0. The van der Waals surface area contributed by atoms with Crippen molar-refractivity contribution < 1.29 is 23.1 Å². The number of carbonyl (C=O) groups excluding carboxylic acids is 1. The molecule has 0 fully saturated rings. The molecule has 0 aliphatic carbocycles. The van der Waals surface area contributed by atoms with Crippen molar-refractivity contribution in [3.05, 3.63) is 89.0 Å². The van der Waals surface area contributed by atoms with E-state index in [4.69, 9.17) is 5.11 Å². The van der Waals surface area contributed by atoms with E-state index < -0.39 is 21.9 Å². The molecule has 3 aromatic rings. The van der Waals surface area contributed by atoms with Crippen LogP contribution in [0, 0.1) is 13.8 Å². The number of aryl methyl sites for hydroxylation is 2. The predicted octanol–water partition coefficient (Wildman–Crippen LogP) is 4.05. The summed E-state index contributed by atoms with van der Waals surface area (Å²) >= 11 is 0. The number of nitrogens with one attached hydrogen (secondary N) is 2. The van der Waals surface area contributed by atoms with Crippen LogP contribution >= 0.6 is 0 Å². The number of carboxylic acid groups (broad SMARTS) is 1. The highest BCUT2D eigenvalue weighted by atomic mass is 32.2. The number of sulfonamides is 1. The Hall–Kier alpha value is -3.65. The first-order chi connectivity index (χ1) is 14.2. The van der Waals surface area contributed by atoms with Crippen LogP contribution in [0.2, 0.25) is 0 Å². The van der Waals surface area contributed by atoms with Crippen molar-refractivity contribution in [3.63, 3.8) is 0 Å². The lowest BCUT2D eigenvalue weighted by Crippen LogP contribution is -2.17. The molecule has 7 nitrogen and oxygen atoms in total. The first kappa shape index (κ1) is 21.1. The number of benzene rings is 3. The highest BCUT2D eigenvalue weighted by Gasteiger charge is 2.20. The highest BCUT2D eigenvalue weighted by Crippen LogP contribution is 2.22. The molecule has 3 aromatic carbocycles. The number of amides is 1. The third kappa shape index (κ3) is 4.84. The van der Waals surface area contributed by atoms with Crippen molar-refractivity contribution in [2.45, 2.75) is 18.7 Å². The average molecular weight is 424 g/mol. The standard InChI is InChI=1S/C22H20N2O5S/c1-14-3-9-18(10-4-14)23-21(25)17-6-5-15(2)20(13-17)30(28,29)24-19-11-7-16(8-12-19)22(26)27/h3-13,24H,1-2H3,(H,23,25)(H,26,27). The molecule has 0 saturated heterocycles. The molecule has 0 saturated carbocycles. The van der Waals surface area contributed by atoms with Gasteiger partial charge in [-0.3, -0.25) is 9.52 Å². The SMILES string of the molecule is Cc1ccc(NC(=O)c2ccc(C)c(S(=O)(=O)Nc3ccc(C(=O)O)cc3)c2)cc1. The lowest BCUT2D eigenvalue weighted by atomic mass is 10.1. The lowest BCUT2D eigenvalue weighted by molar-refractivity contribution is 0.0696. The zero-order valence-corrected chi connectivity index (χ0v) is 17.2. The van der Waals surface area contributed by atoms with Crippen molar-refractivity contribution in [2.75, 3.05) is 10.0 Å². The number of aromatic carboxylic acids is 1. The van der Waals surface area contributed by atoms with E-state index in [-0.39, 0.29) is 21.7 Å². The molecule has 0 atom stereocenters. The van der Waals surface area contributed by atoms with Crippen LogP contribution in [0.3, 0.4) is 0 Å². The second-order valence-corrected chi connectivity index (χ2v) is 8.44. The molecular formula is C22H20N2O5S. The van der Waals surface area contributed by atoms with E-state index in [0.29, 0.717) is 11.3 Å². The van der Waals surface area contributed by atoms with E-state index >= 15 is 0 Å². The van der Waals surface area contributed by atoms with Crippen molar-refractivity contribution in [3.8, 4) is 0 Å². The van der Waals surface area contributed by atoms with Gasteiger partial charge < -0.3 is 10.4 Å². The number of hydrogen-bond donors (Lipinski definition) is 3. The van der Waals surface area contributed by atoms with Crippen LogP contribution in [0.25, 0.3) is 0 Å². The summed E-state index contributed by atoms with van der Waals surface area (Å²) in [5.74, 6) is -1.53. The van der Waals surface area contributed by atoms with E-state index in [1.165, 1.54) is 30.3 Å². The molecule has 8 heteroatoms. The molecular weight excluding hydrogens is 404 g/mol. The molecule has 0 aliphatic rings. The Bertz CT molecular complexity index is 1200. The van der Waals surface area contributed by atoms with Crippen LogP contribution in [0.15, 0.2) is 71.6 Å². The quantitative estimate of drug-likeness (QED) is 0.552. The molecule has 0 unspecified atom stereocenters. The Morgan fingerprint density at radius 1 is 0.800 bits per heavy atom. The highest BCUT2D eigenvalue weighted by molar-refractivity contribution is 7.92. The van der Waals surface area contributed by atoms with Gasteiger partial charge in [-0.1, -0.05) is 23.8 Å². The van der Waals surface area contributed by atoms with Gasteiger partial charge in [-0.05, 0) is 67.9 Å². The summed E-state index contributed by atoms with van der Waals surface area (Å²) in [5.41, 5.74) is 2.59. The van der Waals surface area contributed by atoms with Gasteiger partial charge in [0, 0.05) is 16.9 Å². The number of anilines is 2. The van der Waals surface area contributed by atoms with E-state index in [2.05, 4.69) is 10.0 Å². The molecule has 154 valence electrons. The van der Waals surface area contributed by atoms with Crippen LogP contribution in [0.4, 0.5) is 11.4 Å². The third-order valence-electron chi connectivity index (χ3n) is 4.43. The maximum Gasteiger partial charge on any atom is 0.335 e. The van der Waals surface area contributed by atoms with Crippen LogP contribution in [-0.4, -0.2) is 25.4 Å². The molecule has 0 aromatic heterocycles. The molecule has 30 heavy (non-hydrogen) atoms. The first-order valence-corrected chi connectivity index (χ1v) is 10.5. The van der Waals surface area contributed by atoms with Gasteiger partial charge in [0.05, 0.1) is 10.5 Å². The maximum atomic E-state index is 12.9. The normalized spacial score (nSPS) is 11.0. The van der Waals surface area contributed by atoms with E-state index in [0.717, 1.165) is 5.56 Å². The molecule has 3 rings (SSSR count). The van der Waals surface area contributed by atoms with Crippen molar-refractivity contribution >= 4 is 33.3 Å². The number of hydrogen-bond acceptors (Lipinski definition) is 4. The van der Waals surface area contributed by atoms with E-state index in [1.807, 2.05) is 19.1 Å². The first-order valence-electron chi connectivity index (χ1n) is 9.00. The summed E-state index contributed by atoms with van der Waals surface area (Å²) < 4.78 is 28.1. The Morgan fingerprint density at radius 2 is 1.37 bits per heavy atom. The van der Waals surface area contributed by atoms with Gasteiger partial charge >= 0.3 is 5.97 Å². The Labute approximate surface area is 174 Å². The number of carbonyl (C=O) groups is 2. The van der Waals surface area contributed by atoms with Gasteiger partial charge in [-0.15, -0.1) is 0 Å². The van der Waals surface area contributed by atoms with Gasteiger partial charge in [0.1, 0.15) is 0 Å². The lowest BCUT2D eigenvalue weighted by Gasteiger charge is -2.12. The number of carboxylic acids is 1. The van der Waals surface area contributed by atoms with Crippen molar-refractivity contribution in [1.82, 2.24) is 0 Å². The van der Waals surface area contributed by atoms with Crippen LogP contribution in [0.5, 0.6) is 0 Å². The smallest absolute Gasteiger partial charge is 0.335 e. The Kier molecular flexibility index (Phi) is 5.89. The monoisotopic (exact) mass is 424 g/mol. The van der Waals surface area contributed by atoms with Gasteiger partial charge in [0.25, 0.3) is 15.9 Å². The van der Waals surface area contributed by atoms with Crippen molar-refractivity contribution in [1.29, 1.82) is 0 Å². The fourth-order valence-corrected chi connectivity index (χ4v) is 4.09. The van der Waals surface area contributed by atoms with Crippen molar-refractivity contribution in [2.24, 2.45) is 0 Å². The molecule has 1 amide bonds. The minimum atomic E-state index is -3.99. The summed E-state index contributed by atoms with van der Waals surface area (Å²) in [5, 5.41) is 11.7. The minimum absolute atomic E-state index is 0.0404. The van der Waals surface area contributed by atoms with Gasteiger partial charge in [-0.25, -0.2) is 13.2 Å². The topological polar surface area (TPSA) is 113 Å². The molecule has 0 bridgehead atoms. The molecule has 3 N–H and O–H groups in total. The van der Waals surface area contributed by atoms with Gasteiger partial charge in [0.15, 0.2) is 0 Å². The molecule has 0 radical (unpaired) electrons. The second kappa shape index (κ2) is 8.38. The van der Waals surface area contributed by atoms with Gasteiger partial charge in [0.2, 0.25) is 0 Å². The molecule has 0 heterocycles. The van der Waals surface area contributed by atoms with Crippen LogP contribution < -0.4 is 10.0 Å². The Morgan fingerprint density at radius 3 is 1.97 bits per heavy atom. The van der Waals surface area contributed by atoms with Crippen LogP contribution in [0.1, 0.15) is 31.8 Å². The fourth-order valence-electron chi connectivity index (χ4n) is 2.76. The van der Waals surface area contributed by atoms with Gasteiger partial charge in [-0.2, -0.15) is 0 Å². The molecule has 0 aliphatic heterocycles. The number of rotatable bonds is 6. The zero-order chi connectivity index (χ0) is 21.9. The Balaban J connectivity index is 1.84. The third-order valence-corrected chi connectivity index (χ3v) is 5.96. The summed E-state index contributed by atoms with van der Waals surface area (Å²) in [7, 11) is -3.99. The second-order valence-electron chi connectivity index (χ2n) is 6.79. The van der Waals surface area contributed by atoms with E-state index in [9.17, 15) is 18.0 Å². The van der Waals surface area contributed by atoms with Crippen LogP contribution in [-0.2, 0) is 10.0 Å². The summed E-state index contributed by atoms with van der Waals surface area (Å²) in [4.78, 5) is 23.5. The minimum Gasteiger partial charge on any atom is -0.478 e.